The van der Waals surface area contributed by atoms with Crippen LogP contribution in [0, 0.1) is 25.5 Å². The number of hydrogen-bond acceptors (Lipinski definition) is 4. The second kappa shape index (κ2) is 6.65. The van der Waals surface area contributed by atoms with Crippen LogP contribution >= 0.6 is 0 Å². The van der Waals surface area contributed by atoms with Gasteiger partial charge in [-0.15, -0.1) is 0 Å². The van der Waals surface area contributed by atoms with Crippen molar-refractivity contribution < 1.29 is 8.78 Å². The van der Waals surface area contributed by atoms with E-state index in [4.69, 9.17) is 4.98 Å². The van der Waals surface area contributed by atoms with Gasteiger partial charge in [0.25, 0.3) is 0 Å². The summed E-state index contributed by atoms with van der Waals surface area (Å²) < 4.78 is 31.6. The minimum atomic E-state index is -0.431. The third-order valence-electron chi connectivity index (χ3n) is 5.59. The lowest BCUT2D eigenvalue weighted by molar-refractivity contribution is 0.560. The fourth-order valence-corrected chi connectivity index (χ4v) is 3.97. The Morgan fingerprint density at radius 1 is 1.14 bits per heavy atom. The number of aromatic nitrogens is 5. The van der Waals surface area contributed by atoms with Crippen LogP contribution in [0.4, 0.5) is 14.6 Å². The molecule has 3 aromatic heterocycles. The Balaban J connectivity index is 1.58. The summed E-state index contributed by atoms with van der Waals surface area (Å²) in [6.45, 7) is 4.69. The van der Waals surface area contributed by atoms with Gasteiger partial charge in [0.2, 0.25) is 0 Å². The van der Waals surface area contributed by atoms with Gasteiger partial charge in [0.05, 0.1) is 17.9 Å². The number of rotatable bonds is 3. The van der Waals surface area contributed by atoms with Crippen molar-refractivity contribution in [2.45, 2.75) is 32.7 Å². The predicted octanol–water partition coefficient (Wildman–Crippen LogP) is 4.15. The minimum absolute atomic E-state index is 0.249. The van der Waals surface area contributed by atoms with Crippen LogP contribution in [-0.2, 0) is 0 Å². The summed E-state index contributed by atoms with van der Waals surface area (Å²) in [6, 6.07) is 5.24. The maximum Gasteiger partial charge on any atom is 0.183 e. The van der Waals surface area contributed by atoms with E-state index >= 15 is 0 Å². The normalized spacial score (nSPS) is 16.8. The van der Waals surface area contributed by atoms with Crippen LogP contribution in [0.1, 0.15) is 35.7 Å². The van der Waals surface area contributed by atoms with Gasteiger partial charge in [-0.1, -0.05) is 0 Å². The van der Waals surface area contributed by atoms with Crippen molar-refractivity contribution in [3.8, 4) is 5.69 Å². The standard InChI is InChI=1S/C21H20F2N6/c1-13-12-29(26-14(13)2)19-11-24-28-9-7-20(25-21(19)28)27-8-3-4-18(27)16-10-15(22)5-6-17(16)23/h5-7,9-12,18H,3-4,8H2,1-2H3. The van der Waals surface area contributed by atoms with Crippen LogP contribution < -0.4 is 4.90 Å². The molecule has 1 aliphatic rings. The van der Waals surface area contributed by atoms with E-state index in [9.17, 15) is 8.78 Å². The molecule has 0 N–H and O–H groups in total. The molecule has 0 spiro atoms. The van der Waals surface area contributed by atoms with Crippen LogP contribution in [0.25, 0.3) is 11.3 Å². The summed E-state index contributed by atoms with van der Waals surface area (Å²) in [5, 5.41) is 8.90. The van der Waals surface area contributed by atoms with Gasteiger partial charge in [-0.3, -0.25) is 0 Å². The third-order valence-corrected chi connectivity index (χ3v) is 5.59. The first-order valence-electron chi connectivity index (χ1n) is 9.60. The van der Waals surface area contributed by atoms with E-state index in [1.807, 2.05) is 37.2 Å². The van der Waals surface area contributed by atoms with Gasteiger partial charge < -0.3 is 4.90 Å². The molecule has 0 aliphatic carbocycles. The first kappa shape index (κ1) is 17.8. The zero-order chi connectivity index (χ0) is 20.1. The van der Waals surface area contributed by atoms with E-state index in [-0.39, 0.29) is 6.04 Å². The molecule has 29 heavy (non-hydrogen) atoms. The van der Waals surface area contributed by atoms with E-state index in [0.717, 1.165) is 42.4 Å². The summed E-state index contributed by atoms with van der Waals surface area (Å²) in [4.78, 5) is 6.85. The highest BCUT2D eigenvalue weighted by atomic mass is 19.1. The fourth-order valence-electron chi connectivity index (χ4n) is 3.97. The highest BCUT2D eigenvalue weighted by Crippen LogP contribution is 2.37. The topological polar surface area (TPSA) is 51.2 Å². The van der Waals surface area contributed by atoms with Crippen LogP contribution in [0.2, 0.25) is 0 Å². The maximum atomic E-state index is 14.4. The fraction of sp³-hybridized carbons (Fsp3) is 0.286. The molecule has 148 valence electrons. The van der Waals surface area contributed by atoms with E-state index in [1.54, 1.807) is 15.4 Å². The van der Waals surface area contributed by atoms with Gasteiger partial charge in [-0.2, -0.15) is 10.2 Å². The molecule has 8 heteroatoms. The molecule has 0 radical (unpaired) electrons. The second-order valence-electron chi connectivity index (χ2n) is 7.44. The van der Waals surface area contributed by atoms with Crippen LogP contribution in [0.15, 0.2) is 42.9 Å². The van der Waals surface area contributed by atoms with Gasteiger partial charge in [0.15, 0.2) is 5.65 Å². The van der Waals surface area contributed by atoms with Crippen molar-refractivity contribution in [3.63, 3.8) is 0 Å². The van der Waals surface area contributed by atoms with Crippen molar-refractivity contribution in [2.24, 2.45) is 0 Å². The lowest BCUT2D eigenvalue weighted by Crippen LogP contribution is -2.24. The van der Waals surface area contributed by atoms with Crippen molar-refractivity contribution in [1.82, 2.24) is 24.4 Å². The SMILES string of the molecule is Cc1cn(-c2cnn3ccc(N4CCCC4c4cc(F)ccc4F)nc23)nc1C. The van der Waals surface area contributed by atoms with Crippen LogP contribution in [-0.4, -0.2) is 30.9 Å². The van der Waals surface area contributed by atoms with E-state index < -0.39 is 11.6 Å². The maximum absolute atomic E-state index is 14.4. The Morgan fingerprint density at radius 3 is 2.79 bits per heavy atom. The molecule has 1 unspecified atom stereocenters. The third kappa shape index (κ3) is 2.95. The first-order valence-corrected chi connectivity index (χ1v) is 9.60. The Bertz CT molecular complexity index is 1190. The smallest absolute Gasteiger partial charge is 0.183 e. The van der Waals surface area contributed by atoms with Crippen molar-refractivity contribution in [3.05, 3.63) is 71.3 Å². The monoisotopic (exact) mass is 394 g/mol. The molecule has 6 nitrogen and oxygen atoms in total. The quantitative estimate of drug-likeness (QED) is 0.524. The molecule has 1 atom stereocenters. The molecule has 1 aliphatic heterocycles. The summed E-state index contributed by atoms with van der Waals surface area (Å²) in [6.07, 6.45) is 7.14. The first-order chi connectivity index (χ1) is 14.0. The highest BCUT2D eigenvalue weighted by molar-refractivity contribution is 5.61. The molecule has 0 bridgehead atoms. The average Bonchev–Trinajstić information content (AvgIpc) is 3.42. The molecule has 4 heterocycles. The zero-order valence-electron chi connectivity index (χ0n) is 16.2. The number of anilines is 1. The van der Waals surface area contributed by atoms with Gasteiger partial charge in [-0.25, -0.2) is 23.0 Å². The molecular weight excluding hydrogens is 374 g/mol. The van der Waals surface area contributed by atoms with Gasteiger partial charge >= 0.3 is 0 Å². The lowest BCUT2D eigenvalue weighted by atomic mass is 10.0. The van der Waals surface area contributed by atoms with Crippen LogP contribution in [0.5, 0.6) is 0 Å². The number of hydrogen-bond donors (Lipinski definition) is 0. The predicted molar refractivity (Wildman–Crippen MR) is 105 cm³/mol. The molecule has 0 saturated carbocycles. The second-order valence-corrected chi connectivity index (χ2v) is 7.44. The summed E-state index contributed by atoms with van der Waals surface area (Å²) in [5.41, 5.74) is 3.84. The number of fused-ring (bicyclic) bond motifs is 1. The molecular formula is C21H20F2N6. The zero-order valence-corrected chi connectivity index (χ0v) is 16.2. The summed E-state index contributed by atoms with van der Waals surface area (Å²) in [5.74, 6) is -0.109. The van der Waals surface area contributed by atoms with Crippen molar-refractivity contribution in [1.29, 1.82) is 0 Å². The van der Waals surface area contributed by atoms with Gasteiger partial charge in [-0.05, 0) is 56.5 Å². The summed E-state index contributed by atoms with van der Waals surface area (Å²) >= 11 is 0. The number of aryl methyl sites for hydroxylation is 2. The lowest BCUT2D eigenvalue weighted by Gasteiger charge is -2.26. The minimum Gasteiger partial charge on any atom is -0.349 e. The highest BCUT2D eigenvalue weighted by Gasteiger charge is 2.30. The Labute approximate surface area is 166 Å². The molecule has 5 rings (SSSR count). The van der Waals surface area contributed by atoms with E-state index in [2.05, 4.69) is 10.2 Å². The van der Waals surface area contributed by atoms with Crippen molar-refractivity contribution in [2.75, 3.05) is 11.4 Å². The van der Waals surface area contributed by atoms with Gasteiger partial charge in [0.1, 0.15) is 23.1 Å². The van der Waals surface area contributed by atoms with E-state index in [0.29, 0.717) is 17.0 Å². The number of benzene rings is 1. The molecule has 1 saturated heterocycles. The molecule has 1 fully saturated rings. The largest absolute Gasteiger partial charge is 0.349 e. The number of halogens is 2. The van der Waals surface area contributed by atoms with Crippen molar-refractivity contribution >= 4 is 11.5 Å². The Kier molecular flexibility index (Phi) is 4.08. The Morgan fingerprint density at radius 2 is 2.00 bits per heavy atom. The molecule has 1 aromatic carbocycles. The molecule has 4 aromatic rings. The summed E-state index contributed by atoms with van der Waals surface area (Å²) in [7, 11) is 0. The Hall–Kier alpha value is -3.29. The average molecular weight is 394 g/mol. The van der Waals surface area contributed by atoms with Crippen LogP contribution in [0.3, 0.4) is 0 Å². The number of nitrogens with zero attached hydrogens (tertiary/aromatic N) is 6. The molecule has 0 amide bonds. The van der Waals surface area contributed by atoms with E-state index in [1.165, 1.54) is 12.1 Å². The van der Waals surface area contributed by atoms with Gasteiger partial charge in [0, 0.05) is 24.5 Å².